The van der Waals surface area contributed by atoms with Gasteiger partial charge in [-0.2, -0.15) is 0 Å². The molecular formula is C25H28N6O4. The number of nitrogens with two attached hydrogens (primary N) is 1. The number of rotatable bonds is 8. The maximum Gasteiger partial charge on any atom is 0.328 e. The number of hydrogen-bond donors (Lipinski definition) is 3. The Morgan fingerprint density at radius 3 is 2.89 bits per heavy atom. The van der Waals surface area contributed by atoms with E-state index < -0.39 is 0 Å². The topological polar surface area (TPSA) is 132 Å². The van der Waals surface area contributed by atoms with Gasteiger partial charge in [-0.05, 0) is 42.2 Å². The van der Waals surface area contributed by atoms with Crippen molar-refractivity contribution in [1.29, 1.82) is 0 Å². The highest BCUT2D eigenvalue weighted by atomic mass is 16.5. The molecule has 0 radical (unpaired) electrons. The van der Waals surface area contributed by atoms with Gasteiger partial charge < -0.3 is 20.5 Å². The zero-order valence-corrected chi connectivity index (χ0v) is 19.7. The van der Waals surface area contributed by atoms with Gasteiger partial charge in [0, 0.05) is 31.8 Å². The molecule has 0 fully saturated rings. The Balaban J connectivity index is 1.60. The van der Waals surface area contributed by atoms with Crippen molar-refractivity contribution in [2.75, 3.05) is 55.2 Å². The number of amides is 2. The fourth-order valence-corrected chi connectivity index (χ4v) is 3.97. The van der Waals surface area contributed by atoms with Crippen LogP contribution in [0.2, 0.25) is 0 Å². The lowest BCUT2D eigenvalue weighted by molar-refractivity contribution is 0.111. The molecule has 10 heteroatoms. The molecule has 0 spiro atoms. The van der Waals surface area contributed by atoms with E-state index >= 15 is 0 Å². The third kappa shape index (κ3) is 5.33. The number of nitrogens with one attached hydrogen (secondary N) is 2. The average molecular weight is 477 g/mol. The molecule has 35 heavy (non-hydrogen) atoms. The Morgan fingerprint density at radius 1 is 1.26 bits per heavy atom. The van der Waals surface area contributed by atoms with E-state index in [-0.39, 0.29) is 11.7 Å². The number of aldehydes is 1. The number of carbonyl (C=O) groups excluding carboxylic acids is 2. The summed E-state index contributed by atoms with van der Waals surface area (Å²) in [6.07, 6.45) is 3.70. The number of methoxy groups -OCH3 is 2. The Bertz CT molecular complexity index is 1230. The van der Waals surface area contributed by atoms with Gasteiger partial charge in [0.05, 0.1) is 31.3 Å². The Labute approximate surface area is 203 Å². The van der Waals surface area contributed by atoms with Crippen LogP contribution in [0.15, 0.2) is 42.6 Å². The monoisotopic (exact) mass is 476 g/mol. The maximum atomic E-state index is 13.2. The third-order valence-electron chi connectivity index (χ3n) is 5.72. The van der Waals surface area contributed by atoms with Crippen molar-refractivity contribution in [1.82, 2.24) is 9.97 Å². The van der Waals surface area contributed by atoms with Crippen molar-refractivity contribution in [3.8, 4) is 16.9 Å². The van der Waals surface area contributed by atoms with Crippen LogP contribution in [0.25, 0.3) is 11.1 Å². The van der Waals surface area contributed by atoms with Crippen LogP contribution in [0.4, 0.5) is 27.8 Å². The van der Waals surface area contributed by atoms with Crippen molar-refractivity contribution in [3.63, 3.8) is 0 Å². The van der Waals surface area contributed by atoms with E-state index in [4.69, 9.17) is 15.2 Å². The van der Waals surface area contributed by atoms with Crippen molar-refractivity contribution < 1.29 is 19.1 Å². The second-order valence-electron chi connectivity index (χ2n) is 8.02. The predicted molar refractivity (Wildman–Crippen MR) is 135 cm³/mol. The first kappa shape index (κ1) is 24.0. The molecule has 1 aliphatic heterocycles. The Hall–Kier alpha value is -4.18. The summed E-state index contributed by atoms with van der Waals surface area (Å²) in [4.78, 5) is 35.5. The number of urea groups is 1. The van der Waals surface area contributed by atoms with Crippen LogP contribution in [0.3, 0.4) is 0 Å². The number of hydrogen-bond acceptors (Lipinski definition) is 8. The Kier molecular flexibility index (Phi) is 7.41. The molecule has 4 N–H and O–H groups in total. The fraction of sp³-hybridized carbons (Fsp3) is 0.280. The van der Waals surface area contributed by atoms with Gasteiger partial charge in [-0.15, -0.1) is 0 Å². The van der Waals surface area contributed by atoms with Crippen LogP contribution in [0.1, 0.15) is 22.5 Å². The molecule has 0 atom stereocenters. The minimum absolute atomic E-state index is 0.256. The predicted octanol–water partition coefficient (Wildman–Crippen LogP) is 3.59. The average Bonchev–Trinajstić information content (AvgIpc) is 2.89. The highest BCUT2D eigenvalue weighted by Crippen LogP contribution is 2.33. The summed E-state index contributed by atoms with van der Waals surface area (Å²) in [6, 6.07) is 10.7. The molecule has 2 aromatic heterocycles. The standard InChI is InChI=1S/C25H28N6O4/c1-34-10-8-27-21-13-23(28-14-20(21)26)30-25(33)31-9-4-6-17-12-19(22(15-32)29-24(17)31)16-5-3-7-18(11-16)35-2/h3,5,7,11-15H,4,6,8-10,26H2,1-2H3,(H2,27,28,30,33). The summed E-state index contributed by atoms with van der Waals surface area (Å²) >= 11 is 0. The molecule has 3 aromatic rings. The smallest absolute Gasteiger partial charge is 0.328 e. The number of fused-ring (bicyclic) bond motifs is 1. The number of aryl methyl sites for hydroxylation is 1. The van der Waals surface area contributed by atoms with Gasteiger partial charge in [0.15, 0.2) is 6.29 Å². The number of ether oxygens (including phenoxy) is 2. The largest absolute Gasteiger partial charge is 0.497 e. The number of nitrogen functional groups attached to an aromatic ring is 1. The quantitative estimate of drug-likeness (QED) is 0.332. The summed E-state index contributed by atoms with van der Waals surface area (Å²) < 4.78 is 10.4. The highest BCUT2D eigenvalue weighted by molar-refractivity contribution is 6.02. The summed E-state index contributed by atoms with van der Waals surface area (Å²) in [6.45, 7) is 1.54. The third-order valence-corrected chi connectivity index (χ3v) is 5.72. The Morgan fingerprint density at radius 2 is 2.11 bits per heavy atom. The molecule has 0 saturated heterocycles. The summed E-state index contributed by atoms with van der Waals surface area (Å²) in [5.74, 6) is 1.50. The molecule has 0 saturated carbocycles. The minimum atomic E-state index is -0.385. The van der Waals surface area contributed by atoms with E-state index in [0.29, 0.717) is 60.3 Å². The molecule has 1 aliphatic rings. The molecule has 2 amide bonds. The lowest BCUT2D eigenvalue weighted by Crippen LogP contribution is -2.39. The highest BCUT2D eigenvalue weighted by Gasteiger charge is 2.26. The first-order valence-corrected chi connectivity index (χ1v) is 11.2. The molecule has 4 rings (SSSR count). The SMILES string of the molecule is COCCNc1cc(NC(=O)N2CCCc3cc(-c4cccc(OC)c4)c(C=O)nc32)ncc1N. The second-order valence-corrected chi connectivity index (χ2v) is 8.02. The van der Waals surface area contributed by atoms with Gasteiger partial charge in [-0.3, -0.25) is 15.0 Å². The van der Waals surface area contributed by atoms with Gasteiger partial charge in [0.2, 0.25) is 0 Å². The van der Waals surface area contributed by atoms with Crippen LogP contribution in [-0.4, -0.2) is 56.2 Å². The lowest BCUT2D eigenvalue weighted by Gasteiger charge is -2.29. The number of benzene rings is 1. The van der Waals surface area contributed by atoms with E-state index in [9.17, 15) is 9.59 Å². The summed E-state index contributed by atoms with van der Waals surface area (Å²) in [5, 5.41) is 5.97. The molecule has 1 aromatic carbocycles. The lowest BCUT2D eigenvalue weighted by atomic mass is 9.97. The first-order valence-electron chi connectivity index (χ1n) is 11.2. The van der Waals surface area contributed by atoms with E-state index in [0.717, 1.165) is 24.0 Å². The van der Waals surface area contributed by atoms with Gasteiger partial charge in [0.25, 0.3) is 0 Å². The minimum Gasteiger partial charge on any atom is -0.497 e. The van der Waals surface area contributed by atoms with E-state index in [1.54, 1.807) is 20.3 Å². The number of pyridine rings is 2. The zero-order chi connectivity index (χ0) is 24.8. The van der Waals surface area contributed by atoms with Crippen molar-refractivity contribution in [2.45, 2.75) is 12.8 Å². The molecule has 0 bridgehead atoms. The van der Waals surface area contributed by atoms with Crippen molar-refractivity contribution in [3.05, 3.63) is 53.9 Å². The number of aromatic nitrogens is 2. The maximum absolute atomic E-state index is 13.2. The number of anilines is 4. The van der Waals surface area contributed by atoms with Crippen LogP contribution < -0.4 is 26.0 Å². The van der Waals surface area contributed by atoms with Crippen LogP contribution >= 0.6 is 0 Å². The number of carbonyl (C=O) groups is 2. The van der Waals surface area contributed by atoms with E-state index in [2.05, 4.69) is 20.6 Å². The van der Waals surface area contributed by atoms with Crippen LogP contribution in [-0.2, 0) is 11.2 Å². The molecule has 3 heterocycles. The normalized spacial score (nSPS) is 12.6. The van der Waals surface area contributed by atoms with E-state index in [1.165, 1.54) is 11.1 Å². The van der Waals surface area contributed by atoms with Crippen molar-refractivity contribution >= 4 is 35.3 Å². The molecule has 0 aliphatic carbocycles. The van der Waals surface area contributed by atoms with Crippen molar-refractivity contribution in [2.24, 2.45) is 0 Å². The van der Waals surface area contributed by atoms with E-state index in [1.807, 2.05) is 30.3 Å². The molecule has 0 unspecified atom stereocenters. The second kappa shape index (κ2) is 10.8. The van der Waals surface area contributed by atoms with Gasteiger partial charge in [-0.1, -0.05) is 12.1 Å². The summed E-state index contributed by atoms with van der Waals surface area (Å²) in [5.41, 5.74) is 9.76. The van der Waals surface area contributed by atoms with Crippen LogP contribution in [0, 0.1) is 0 Å². The van der Waals surface area contributed by atoms with Crippen LogP contribution in [0.5, 0.6) is 5.75 Å². The molecule has 10 nitrogen and oxygen atoms in total. The molecule has 182 valence electrons. The first-order chi connectivity index (χ1) is 17.0. The summed E-state index contributed by atoms with van der Waals surface area (Å²) in [7, 11) is 3.21. The molecular weight excluding hydrogens is 448 g/mol. The zero-order valence-electron chi connectivity index (χ0n) is 19.7. The van der Waals surface area contributed by atoms with Gasteiger partial charge in [-0.25, -0.2) is 14.8 Å². The number of nitrogens with zero attached hydrogens (tertiary/aromatic N) is 3. The fourth-order valence-electron chi connectivity index (χ4n) is 3.97. The van der Waals surface area contributed by atoms with Gasteiger partial charge >= 0.3 is 6.03 Å². The van der Waals surface area contributed by atoms with Gasteiger partial charge in [0.1, 0.15) is 23.1 Å².